The maximum absolute atomic E-state index is 9.80. The third-order valence-corrected chi connectivity index (χ3v) is 2.86. The molecular formula is C16H17N3O. The Balaban J connectivity index is 2.12. The van der Waals surface area contributed by atoms with Crippen molar-refractivity contribution < 1.29 is 5.11 Å². The number of benzene rings is 1. The van der Waals surface area contributed by atoms with Crippen LogP contribution in [0.25, 0.3) is 11.0 Å². The normalized spacial score (nSPS) is 12.4. The molecule has 1 aromatic heterocycles. The maximum Gasteiger partial charge on any atom is 0.138 e. The molecule has 4 nitrogen and oxygen atoms in total. The van der Waals surface area contributed by atoms with Gasteiger partial charge in [-0.15, -0.1) is 0 Å². The molecule has 0 unspecified atom stereocenters. The van der Waals surface area contributed by atoms with Gasteiger partial charge in [-0.3, -0.25) is 9.97 Å². The molecule has 2 aromatic rings. The molecule has 0 aliphatic heterocycles. The standard InChI is InChI=1S/C16H17N3O/c1-3-5-16(20)13(4-2)19-11-12-6-7-14-15(10-12)18-9-8-17-14/h3-10,19-20H,1,11H2,2H3/b13-4+,16-5+. The molecule has 0 bridgehead atoms. The topological polar surface area (TPSA) is 58.0 Å². The maximum atomic E-state index is 9.80. The Bertz CT molecular complexity index is 674. The van der Waals surface area contributed by atoms with Crippen molar-refractivity contribution in [1.29, 1.82) is 0 Å². The molecule has 0 aliphatic rings. The monoisotopic (exact) mass is 267 g/mol. The number of allylic oxidation sites excluding steroid dienone is 3. The van der Waals surface area contributed by atoms with Crippen molar-refractivity contribution in [2.75, 3.05) is 0 Å². The molecule has 0 amide bonds. The van der Waals surface area contributed by atoms with E-state index in [9.17, 15) is 5.11 Å². The van der Waals surface area contributed by atoms with E-state index < -0.39 is 0 Å². The van der Waals surface area contributed by atoms with E-state index in [1.54, 1.807) is 24.5 Å². The largest absolute Gasteiger partial charge is 0.506 e. The Kier molecular flexibility index (Phi) is 4.50. The molecule has 1 heterocycles. The van der Waals surface area contributed by atoms with Crippen LogP contribution < -0.4 is 5.32 Å². The molecule has 2 N–H and O–H groups in total. The van der Waals surface area contributed by atoms with Gasteiger partial charge in [-0.25, -0.2) is 0 Å². The highest BCUT2D eigenvalue weighted by atomic mass is 16.3. The van der Waals surface area contributed by atoms with Gasteiger partial charge in [-0.1, -0.05) is 24.8 Å². The molecule has 4 heteroatoms. The van der Waals surface area contributed by atoms with Gasteiger partial charge in [0.2, 0.25) is 0 Å². The zero-order valence-corrected chi connectivity index (χ0v) is 11.4. The lowest BCUT2D eigenvalue weighted by atomic mass is 10.2. The lowest BCUT2D eigenvalue weighted by Gasteiger charge is -2.10. The number of hydrogen-bond acceptors (Lipinski definition) is 4. The van der Waals surface area contributed by atoms with E-state index in [2.05, 4.69) is 21.9 Å². The first-order valence-electron chi connectivity index (χ1n) is 6.36. The van der Waals surface area contributed by atoms with Crippen LogP contribution in [-0.2, 0) is 6.54 Å². The number of aliphatic hydroxyl groups excluding tert-OH is 1. The third kappa shape index (κ3) is 3.23. The zero-order chi connectivity index (χ0) is 14.4. The number of rotatable bonds is 5. The summed E-state index contributed by atoms with van der Waals surface area (Å²) in [6, 6.07) is 5.91. The summed E-state index contributed by atoms with van der Waals surface area (Å²) in [5.74, 6) is 0.170. The van der Waals surface area contributed by atoms with Crippen molar-refractivity contribution in [3.05, 3.63) is 72.4 Å². The Hall–Kier alpha value is -2.62. The lowest BCUT2D eigenvalue weighted by molar-refractivity contribution is 0.413. The smallest absolute Gasteiger partial charge is 0.138 e. The third-order valence-electron chi connectivity index (χ3n) is 2.86. The molecule has 2 rings (SSSR count). The summed E-state index contributed by atoms with van der Waals surface area (Å²) >= 11 is 0. The van der Waals surface area contributed by atoms with Crippen molar-refractivity contribution in [2.45, 2.75) is 13.5 Å². The van der Waals surface area contributed by atoms with E-state index in [0.29, 0.717) is 12.2 Å². The van der Waals surface area contributed by atoms with Crippen molar-refractivity contribution in [3.63, 3.8) is 0 Å². The van der Waals surface area contributed by atoms with Crippen LogP contribution in [0.4, 0.5) is 0 Å². The van der Waals surface area contributed by atoms with Gasteiger partial charge in [0.25, 0.3) is 0 Å². The van der Waals surface area contributed by atoms with Crippen LogP contribution in [0.2, 0.25) is 0 Å². The number of fused-ring (bicyclic) bond motifs is 1. The molecule has 0 saturated carbocycles. The van der Waals surface area contributed by atoms with Gasteiger partial charge in [0.05, 0.1) is 16.7 Å². The van der Waals surface area contributed by atoms with Crippen molar-refractivity contribution in [2.24, 2.45) is 0 Å². The van der Waals surface area contributed by atoms with E-state index >= 15 is 0 Å². The number of nitrogens with zero attached hydrogens (tertiary/aromatic N) is 2. The molecule has 0 saturated heterocycles. The summed E-state index contributed by atoms with van der Waals surface area (Å²) in [5, 5.41) is 13.0. The molecule has 1 aromatic carbocycles. The summed E-state index contributed by atoms with van der Waals surface area (Å²) in [5.41, 5.74) is 3.48. The lowest BCUT2D eigenvalue weighted by Crippen LogP contribution is -2.14. The summed E-state index contributed by atoms with van der Waals surface area (Å²) in [6.07, 6.45) is 8.27. The van der Waals surface area contributed by atoms with Crippen LogP contribution in [0.1, 0.15) is 12.5 Å². The quantitative estimate of drug-likeness (QED) is 0.645. The first-order chi connectivity index (χ1) is 9.74. The van der Waals surface area contributed by atoms with Crippen molar-refractivity contribution >= 4 is 11.0 Å². The summed E-state index contributed by atoms with van der Waals surface area (Å²) in [4.78, 5) is 8.51. The van der Waals surface area contributed by atoms with Gasteiger partial charge in [-0.05, 0) is 30.7 Å². The number of aromatic nitrogens is 2. The van der Waals surface area contributed by atoms with Gasteiger partial charge in [-0.2, -0.15) is 0 Å². The molecule has 102 valence electrons. The number of hydrogen-bond donors (Lipinski definition) is 2. The van der Waals surface area contributed by atoms with E-state index in [4.69, 9.17) is 0 Å². The van der Waals surface area contributed by atoms with Crippen LogP contribution in [-0.4, -0.2) is 15.1 Å². The first kappa shape index (κ1) is 13.8. The highest BCUT2D eigenvalue weighted by Crippen LogP contribution is 2.12. The van der Waals surface area contributed by atoms with Crippen LogP contribution in [0.15, 0.2) is 66.9 Å². The Morgan fingerprint density at radius 1 is 1.30 bits per heavy atom. The molecule has 0 atom stereocenters. The molecule has 0 radical (unpaired) electrons. The number of nitrogens with one attached hydrogen (secondary N) is 1. The average Bonchev–Trinajstić information content (AvgIpc) is 2.48. The molecular weight excluding hydrogens is 250 g/mol. The summed E-state index contributed by atoms with van der Waals surface area (Å²) in [6.45, 7) is 6.02. The second-order valence-electron chi connectivity index (χ2n) is 4.22. The zero-order valence-electron chi connectivity index (χ0n) is 11.4. The SMILES string of the molecule is C=C/C=C(O)\C(=C/C)NCc1ccc2nccnc2c1. The highest BCUT2D eigenvalue weighted by Gasteiger charge is 2.02. The Morgan fingerprint density at radius 2 is 2.05 bits per heavy atom. The minimum absolute atomic E-state index is 0.170. The fraction of sp³-hybridized carbons (Fsp3) is 0.125. The number of aliphatic hydroxyl groups is 1. The van der Waals surface area contributed by atoms with Gasteiger partial charge < -0.3 is 10.4 Å². The van der Waals surface area contributed by atoms with E-state index in [0.717, 1.165) is 16.6 Å². The van der Waals surface area contributed by atoms with Crippen LogP contribution in [0, 0.1) is 0 Å². The first-order valence-corrected chi connectivity index (χ1v) is 6.36. The second kappa shape index (κ2) is 6.52. The minimum Gasteiger partial charge on any atom is -0.506 e. The Labute approximate surface area is 118 Å². The fourth-order valence-corrected chi connectivity index (χ4v) is 1.86. The summed E-state index contributed by atoms with van der Waals surface area (Å²) in [7, 11) is 0. The van der Waals surface area contributed by atoms with Gasteiger partial charge in [0.15, 0.2) is 0 Å². The van der Waals surface area contributed by atoms with Gasteiger partial charge in [0, 0.05) is 18.9 Å². The van der Waals surface area contributed by atoms with Crippen LogP contribution in [0.3, 0.4) is 0 Å². The molecule has 0 aliphatic carbocycles. The predicted molar refractivity (Wildman–Crippen MR) is 81.0 cm³/mol. The highest BCUT2D eigenvalue weighted by molar-refractivity contribution is 5.74. The average molecular weight is 267 g/mol. The fourth-order valence-electron chi connectivity index (χ4n) is 1.86. The summed E-state index contributed by atoms with van der Waals surface area (Å²) < 4.78 is 0. The van der Waals surface area contributed by atoms with Gasteiger partial charge in [0.1, 0.15) is 5.76 Å². The molecule has 0 fully saturated rings. The minimum atomic E-state index is 0.170. The van der Waals surface area contributed by atoms with Gasteiger partial charge >= 0.3 is 0 Å². The molecule has 0 spiro atoms. The van der Waals surface area contributed by atoms with E-state index in [1.165, 1.54) is 0 Å². The van der Waals surface area contributed by atoms with E-state index in [1.807, 2.05) is 31.2 Å². The predicted octanol–water partition coefficient (Wildman–Crippen LogP) is 3.25. The van der Waals surface area contributed by atoms with E-state index in [-0.39, 0.29) is 5.76 Å². The van der Waals surface area contributed by atoms with Crippen LogP contribution in [0.5, 0.6) is 0 Å². The Morgan fingerprint density at radius 3 is 2.75 bits per heavy atom. The van der Waals surface area contributed by atoms with Crippen molar-refractivity contribution in [1.82, 2.24) is 15.3 Å². The van der Waals surface area contributed by atoms with Crippen LogP contribution >= 0.6 is 0 Å². The second-order valence-corrected chi connectivity index (χ2v) is 4.22. The van der Waals surface area contributed by atoms with Crippen molar-refractivity contribution in [3.8, 4) is 0 Å². The molecule has 20 heavy (non-hydrogen) atoms.